The van der Waals surface area contributed by atoms with Crippen LogP contribution in [0.3, 0.4) is 0 Å². The Hall–Kier alpha value is -0.340. The molecule has 0 amide bonds. The van der Waals surface area contributed by atoms with E-state index in [1.54, 1.807) is 0 Å². The van der Waals surface area contributed by atoms with Crippen LogP contribution in [0.5, 0.6) is 0 Å². The molecule has 1 aromatic carbocycles. The molecule has 0 bridgehead atoms. The van der Waals surface area contributed by atoms with E-state index in [-0.39, 0.29) is 5.41 Å². The van der Waals surface area contributed by atoms with Crippen molar-refractivity contribution >= 4 is 15.9 Å². The highest BCUT2D eigenvalue weighted by Gasteiger charge is 2.37. The van der Waals surface area contributed by atoms with Gasteiger partial charge in [0.25, 0.3) is 0 Å². The Labute approximate surface area is 113 Å². The quantitative estimate of drug-likeness (QED) is 0.829. The molecule has 0 aliphatic heterocycles. The molecular weight excluding hydrogens is 274 g/mol. The van der Waals surface area contributed by atoms with E-state index in [2.05, 4.69) is 54.9 Å². The normalized spacial score (nSPS) is 24.5. The van der Waals surface area contributed by atoms with Crippen molar-refractivity contribution in [2.24, 2.45) is 17.1 Å². The second kappa shape index (κ2) is 4.74. The van der Waals surface area contributed by atoms with Crippen molar-refractivity contribution in [1.82, 2.24) is 0 Å². The minimum absolute atomic E-state index is 0.278. The summed E-state index contributed by atoms with van der Waals surface area (Å²) in [6.07, 6.45) is 2.37. The largest absolute Gasteiger partial charge is 0.330 e. The second-order valence-electron chi connectivity index (χ2n) is 6.19. The highest BCUT2D eigenvalue weighted by molar-refractivity contribution is 9.10. The molecule has 2 rings (SSSR count). The molecule has 0 saturated heterocycles. The lowest BCUT2D eigenvalue weighted by molar-refractivity contribution is 0.216. The van der Waals surface area contributed by atoms with Crippen molar-refractivity contribution in [3.8, 4) is 0 Å². The van der Waals surface area contributed by atoms with Crippen LogP contribution in [0.4, 0.5) is 0 Å². The second-order valence-corrected chi connectivity index (χ2v) is 7.04. The van der Waals surface area contributed by atoms with Gasteiger partial charge in [-0.25, -0.2) is 0 Å². The Morgan fingerprint density at radius 3 is 2.65 bits per heavy atom. The van der Waals surface area contributed by atoms with Gasteiger partial charge in [-0.1, -0.05) is 48.8 Å². The van der Waals surface area contributed by atoms with E-state index >= 15 is 0 Å². The van der Waals surface area contributed by atoms with Crippen LogP contribution in [0.2, 0.25) is 0 Å². The number of halogens is 1. The summed E-state index contributed by atoms with van der Waals surface area (Å²) < 4.78 is 1.26. The topological polar surface area (TPSA) is 26.0 Å². The van der Waals surface area contributed by atoms with Crippen molar-refractivity contribution in [3.05, 3.63) is 33.8 Å². The molecule has 0 radical (unpaired) electrons. The van der Waals surface area contributed by atoms with Gasteiger partial charge in [-0.15, -0.1) is 0 Å². The summed E-state index contributed by atoms with van der Waals surface area (Å²) in [5, 5.41) is 0. The van der Waals surface area contributed by atoms with Gasteiger partial charge in [0.2, 0.25) is 0 Å². The van der Waals surface area contributed by atoms with Crippen LogP contribution in [0.25, 0.3) is 0 Å². The lowest BCUT2D eigenvalue weighted by Crippen LogP contribution is -2.35. The molecule has 2 atom stereocenters. The molecule has 1 nitrogen and oxygen atoms in total. The number of benzene rings is 1. The molecule has 0 heterocycles. The van der Waals surface area contributed by atoms with Crippen molar-refractivity contribution in [2.75, 3.05) is 6.54 Å². The van der Waals surface area contributed by atoms with Crippen molar-refractivity contribution in [1.29, 1.82) is 0 Å². The van der Waals surface area contributed by atoms with E-state index in [4.69, 9.17) is 5.73 Å². The first kappa shape index (κ1) is 13.1. The first-order valence-corrected chi connectivity index (χ1v) is 7.21. The van der Waals surface area contributed by atoms with Gasteiger partial charge in [-0.05, 0) is 53.8 Å². The number of hydrogen-bond acceptors (Lipinski definition) is 1. The number of nitrogens with two attached hydrogens (primary N) is 1. The van der Waals surface area contributed by atoms with Crippen LogP contribution < -0.4 is 5.73 Å². The third kappa shape index (κ3) is 2.43. The molecule has 2 N–H and O–H groups in total. The summed E-state index contributed by atoms with van der Waals surface area (Å²) in [6.45, 7) is 7.79. The van der Waals surface area contributed by atoms with Crippen LogP contribution in [0.15, 0.2) is 22.7 Å². The van der Waals surface area contributed by atoms with Crippen LogP contribution in [-0.2, 0) is 6.42 Å². The molecule has 2 unspecified atom stereocenters. The van der Waals surface area contributed by atoms with Gasteiger partial charge in [0.1, 0.15) is 0 Å². The molecule has 0 fully saturated rings. The molecule has 1 aromatic rings. The van der Waals surface area contributed by atoms with E-state index in [1.807, 2.05) is 0 Å². The van der Waals surface area contributed by atoms with Gasteiger partial charge < -0.3 is 5.73 Å². The average molecular weight is 296 g/mol. The molecule has 2 heteroatoms. The van der Waals surface area contributed by atoms with Crippen LogP contribution in [-0.4, -0.2) is 6.54 Å². The molecule has 0 spiro atoms. The van der Waals surface area contributed by atoms with Crippen molar-refractivity contribution < 1.29 is 0 Å². The summed E-state index contributed by atoms with van der Waals surface area (Å²) >= 11 is 3.69. The summed E-state index contributed by atoms with van der Waals surface area (Å²) in [7, 11) is 0. The standard InChI is InChI=1S/C15H22BrN/c1-15(2,3)14-10(9-17)7-8-11-12(14)5-4-6-13(11)16/h4-6,10,14H,7-9,17H2,1-3H3. The fourth-order valence-corrected chi connectivity index (χ4v) is 3.89. The van der Waals surface area contributed by atoms with Crippen LogP contribution in [0, 0.1) is 11.3 Å². The third-order valence-electron chi connectivity index (χ3n) is 3.96. The molecule has 0 aromatic heterocycles. The highest BCUT2D eigenvalue weighted by Crippen LogP contribution is 2.47. The maximum Gasteiger partial charge on any atom is 0.0210 e. The lowest BCUT2D eigenvalue weighted by atomic mass is 9.64. The summed E-state index contributed by atoms with van der Waals surface area (Å²) in [5.74, 6) is 1.20. The Bertz CT molecular complexity index is 406. The molecule has 94 valence electrons. The zero-order valence-electron chi connectivity index (χ0n) is 11.0. The molecule has 1 aliphatic carbocycles. The number of hydrogen-bond donors (Lipinski definition) is 1. The van der Waals surface area contributed by atoms with Crippen molar-refractivity contribution in [2.45, 2.75) is 39.5 Å². The van der Waals surface area contributed by atoms with E-state index < -0.39 is 0 Å². The zero-order chi connectivity index (χ0) is 12.6. The Morgan fingerprint density at radius 2 is 2.06 bits per heavy atom. The average Bonchev–Trinajstić information content (AvgIpc) is 2.26. The molecular formula is C15H22BrN. The predicted octanol–water partition coefficient (Wildman–Crippen LogP) is 4.10. The predicted molar refractivity (Wildman–Crippen MR) is 77.2 cm³/mol. The van der Waals surface area contributed by atoms with Gasteiger partial charge in [-0.3, -0.25) is 0 Å². The summed E-state index contributed by atoms with van der Waals surface area (Å²) in [4.78, 5) is 0. The summed E-state index contributed by atoms with van der Waals surface area (Å²) in [6, 6.07) is 6.60. The highest BCUT2D eigenvalue weighted by atomic mass is 79.9. The Morgan fingerprint density at radius 1 is 1.35 bits per heavy atom. The van der Waals surface area contributed by atoms with Gasteiger partial charge >= 0.3 is 0 Å². The SMILES string of the molecule is CC(C)(C)C1c2cccc(Br)c2CCC1CN. The minimum atomic E-state index is 0.278. The van der Waals surface area contributed by atoms with Gasteiger partial charge in [-0.2, -0.15) is 0 Å². The Kier molecular flexibility index (Phi) is 3.65. The zero-order valence-corrected chi connectivity index (χ0v) is 12.5. The fraction of sp³-hybridized carbons (Fsp3) is 0.600. The minimum Gasteiger partial charge on any atom is -0.330 e. The number of fused-ring (bicyclic) bond motifs is 1. The van der Waals surface area contributed by atoms with Gasteiger partial charge in [0, 0.05) is 4.47 Å². The van der Waals surface area contributed by atoms with Crippen LogP contribution >= 0.6 is 15.9 Å². The van der Waals surface area contributed by atoms with Crippen LogP contribution in [0.1, 0.15) is 44.2 Å². The smallest absolute Gasteiger partial charge is 0.0210 e. The lowest BCUT2D eigenvalue weighted by Gasteiger charge is -2.41. The van der Waals surface area contributed by atoms with Gasteiger partial charge in [0.15, 0.2) is 0 Å². The first-order chi connectivity index (χ1) is 7.95. The maximum absolute atomic E-state index is 5.97. The Balaban J connectivity index is 2.51. The molecule has 17 heavy (non-hydrogen) atoms. The first-order valence-electron chi connectivity index (χ1n) is 6.42. The van der Waals surface area contributed by atoms with E-state index in [9.17, 15) is 0 Å². The number of rotatable bonds is 1. The molecule has 0 saturated carbocycles. The monoisotopic (exact) mass is 295 g/mol. The van der Waals surface area contributed by atoms with E-state index in [0.717, 1.165) is 13.0 Å². The van der Waals surface area contributed by atoms with Gasteiger partial charge in [0.05, 0.1) is 0 Å². The van der Waals surface area contributed by atoms with Crippen molar-refractivity contribution in [3.63, 3.8) is 0 Å². The van der Waals surface area contributed by atoms with E-state index in [0.29, 0.717) is 11.8 Å². The molecule has 1 aliphatic rings. The summed E-state index contributed by atoms with van der Waals surface area (Å²) in [5.41, 5.74) is 9.26. The van der Waals surface area contributed by atoms with E-state index in [1.165, 1.54) is 22.0 Å². The fourth-order valence-electron chi connectivity index (χ4n) is 3.31. The third-order valence-corrected chi connectivity index (χ3v) is 4.71. The maximum atomic E-state index is 5.97.